The zero-order chi connectivity index (χ0) is 20.1. The van der Waals surface area contributed by atoms with E-state index in [2.05, 4.69) is 41.6 Å². The number of anilines is 3. The molecule has 2 N–H and O–H groups in total. The Bertz CT molecular complexity index is 1010. The molecule has 0 spiro atoms. The Morgan fingerprint density at radius 2 is 1.79 bits per heavy atom. The van der Waals surface area contributed by atoms with Gasteiger partial charge in [-0.1, -0.05) is 37.3 Å². The van der Waals surface area contributed by atoms with Crippen LogP contribution in [0.2, 0.25) is 0 Å². The summed E-state index contributed by atoms with van der Waals surface area (Å²) in [5.74, 6) is -0.371. The number of hydrogen-bond acceptors (Lipinski definition) is 4. The zero-order valence-electron chi connectivity index (χ0n) is 16.2. The van der Waals surface area contributed by atoms with E-state index in [1.165, 1.54) is 12.5 Å². The van der Waals surface area contributed by atoms with E-state index < -0.39 is 0 Å². The second-order valence-electron chi connectivity index (χ2n) is 6.61. The lowest BCUT2D eigenvalue weighted by Crippen LogP contribution is -2.14. The Hall–Kier alpha value is -3.47. The predicted molar refractivity (Wildman–Crippen MR) is 112 cm³/mol. The first-order valence-corrected chi connectivity index (χ1v) is 9.22. The van der Waals surface area contributed by atoms with Crippen molar-refractivity contribution in [2.45, 2.75) is 27.2 Å². The molecular formula is C23H23N3O2. The Morgan fingerprint density at radius 3 is 2.46 bits per heavy atom. The van der Waals surface area contributed by atoms with E-state index in [1.54, 1.807) is 36.5 Å². The maximum absolute atomic E-state index is 12.4. The molecule has 3 aromatic rings. The number of Topliss-reactive ketones (excluding diaryl/α,β-unsaturated/α-hetero) is 1. The maximum atomic E-state index is 12.4. The summed E-state index contributed by atoms with van der Waals surface area (Å²) >= 11 is 0. The minimum absolute atomic E-state index is 0.0488. The summed E-state index contributed by atoms with van der Waals surface area (Å²) in [6.45, 7) is 5.67. The van der Waals surface area contributed by atoms with Crippen molar-refractivity contribution >= 4 is 28.8 Å². The van der Waals surface area contributed by atoms with E-state index in [1.807, 2.05) is 12.1 Å². The zero-order valence-corrected chi connectivity index (χ0v) is 16.2. The number of pyridine rings is 1. The highest BCUT2D eigenvalue weighted by Gasteiger charge is 2.10. The third kappa shape index (κ3) is 4.43. The Kier molecular flexibility index (Phi) is 5.84. The molecule has 0 unspecified atom stereocenters. The van der Waals surface area contributed by atoms with Crippen LogP contribution in [0.25, 0.3) is 0 Å². The van der Waals surface area contributed by atoms with Crippen LogP contribution in [0.4, 0.5) is 17.1 Å². The molecule has 0 saturated carbocycles. The van der Waals surface area contributed by atoms with Gasteiger partial charge in [-0.3, -0.25) is 9.59 Å². The molecule has 0 aliphatic heterocycles. The molecule has 0 aliphatic carbocycles. The highest BCUT2D eigenvalue weighted by atomic mass is 16.2. The molecule has 0 aliphatic rings. The minimum Gasteiger partial charge on any atom is -0.354 e. The highest BCUT2D eigenvalue weighted by molar-refractivity contribution is 6.04. The van der Waals surface area contributed by atoms with Crippen LogP contribution >= 0.6 is 0 Å². The molecule has 1 heterocycles. The molecule has 142 valence electrons. The van der Waals surface area contributed by atoms with E-state index in [-0.39, 0.29) is 11.7 Å². The molecule has 1 amide bonds. The molecule has 0 bridgehead atoms. The van der Waals surface area contributed by atoms with Crippen LogP contribution in [-0.2, 0) is 6.42 Å². The molecule has 5 nitrogen and oxygen atoms in total. The van der Waals surface area contributed by atoms with Crippen LogP contribution in [0.5, 0.6) is 0 Å². The molecule has 0 radical (unpaired) electrons. The lowest BCUT2D eigenvalue weighted by molar-refractivity contribution is 0.100. The van der Waals surface area contributed by atoms with Gasteiger partial charge in [0.05, 0.1) is 11.9 Å². The van der Waals surface area contributed by atoms with Crippen molar-refractivity contribution in [3.63, 3.8) is 0 Å². The summed E-state index contributed by atoms with van der Waals surface area (Å²) in [6.07, 6.45) is 2.57. The average Bonchev–Trinajstić information content (AvgIpc) is 2.70. The van der Waals surface area contributed by atoms with Crippen LogP contribution < -0.4 is 10.6 Å². The summed E-state index contributed by atoms with van der Waals surface area (Å²) < 4.78 is 0. The SMILES string of the molecule is CCc1cccc(C)c1Nc1ccc(C(=O)Nc2cccc(C(C)=O)c2)nc1. The largest absolute Gasteiger partial charge is 0.354 e. The summed E-state index contributed by atoms with van der Waals surface area (Å²) in [4.78, 5) is 28.2. The second kappa shape index (κ2) is 8.48. The number of nitrogens with zero attached hydrogens (tertiary/aromatic N) is 1. The fraction of sp³-hybridized carbons (Fsp3) is 0.174. The van der Waals surface area contributed by atoms with Gasteiger partial charge in [0.2, 0.25) is 0 Å². The van der Waals surface area contributed by atoms with Crippen molar-refractivity contribution in [2.24, 2.45) is 0 Å². The topological polar surface area (TPSA) is 71.1 Å². The molecule has 1 aromatic heterocycles. The first-order valence-electron chi connectivity index (χ1n) is 9.22. The van der Waals surface area contributed by atoms with Gasteiger partial charge in [-0.05, 0) is 55.7 Å². The van der Waals surface area contributed by atoms with Crippen molar-refractivity contribution in [1.82, 2.24) is 4.98 Å². The number of benzene rings is 2. The molecule has 0 fully saturated rings. The van der Waals surface area contributed by atoms with Gasteiger partial charge < -0.3 is 10.6 Å². The van der Waals surface area contributed by atoms with Crippen molar-refractivity contribution in [2.75, 3.05) is 10.6 Å². The number of amides is 1. The first-order chi connectivity index (χ1) is 13.5. The van der Waals surface area contributed by atoms with Gasteiger partial charge >= 0.3 is 0 Å². The Balaban J connectivity index is 1.73. The average molecular weight is 373 g/mol. The number of nitrogens with one attached hydrogen (secondary N) is 2. The summed E-state index contributed by atoms with van der Waals surface area (Å²) in [5.41, 5.74) is 5.70. The minimum atomic E-state index is -0.322. The van der Waals surface area contributed by atoms with Crippen LogP contribution in [-0.4, -0.2) is 16.7 Å². The van der Waals surface area contributed by atoms with Gasteiger partial charge in [0, 0.05) is 16.9 Å². The predicted octanol–water partition coefficient (Wildman–Crippen LogP) is 5.15. The third-order valence-corrected chi connectivity index (χ3v) is 4.53. The van der Waals surface area contributed by atoms with Crippen molar-refractivity contribution in [1.29, 1.82) is 0 Å². The molecule has 2 aromatic carbocycles. The monoisotopic (exact) mass is 373 g/mol. The van der Waals surface area contributed by atoms with Gasteiger partial charge in [-0.2, -0.15) is 0 Å². The van der Waals surface area contributed by atoms with E-state index >= 15 is 0 Å². The normalized spacial score (nSPS) is 10.4. The summed E-state index contributed by atoms with van der Waals surface area (Å²) in [6, 6.07) is 16.6. The Labute approximate surface area is 164 Å². The number of para-hydroxylation sites is 1. The van der Waals surface area contributed by atoms with E-state index in [0.717, 1.165) is 23.4 Å². The Morgan fingerprint density at radius 1 is 1.00 bits per heavy atom. The molecule has 28 heavy (non-hydrogen) atoms. The molecule has 3 rings (SSSR count). The van der Waals surface area contributed by atoms with Crippen molar-refractivity contribution in [3.8, 4) is 0 Å². The number of aromatic nitrogens is 1. The number of carbonyl (C=O) groups is 2. The van der Waals surface area contributed by atoms with E-state index in [4.69, 9.17) is 0 Å². The van der Waals surface area contributed by atoms with Crippen molar-refractivity contribution in [3.05, 3.63) is 83.2 Å². The van der Waals surface area contributed by atoms with Crippen LogP contribution in [0.1, 0.15) is 45.8 Å². The third-order valence-electron chi connectivity index (χ3n) is 4.53. The van der Waals surface area contributed by atoms with Gasteiger partial charge in [-0.15, -0.1) is 0 Å². The fourth-order valence-corrected chi connectivity index (χ4v) is 2.96. The second-order valence-corrected chi connectivity index (χ2v) is 6.61. The maximum Gasteiger partial charge on any atom is 0.274 e. The molecule has 5 heteroatoms. The number of aryl methyl sites for hydroxylation is 2. The highest BCUT2D eigenvalue weighted by Crippen LogP contribution is 2.25. The van der Waals surface area contributed by atoms with Gasteiger partial charge in [-0.25, -0.2) is 4.98 Å². The molecular weight excluding hydrogens is 350 g/mol. The molecule has 0 saturated heterocycles. The standard InChI is InChI=1S/C23H23N3O2/c1-4-17-8-5-7-15(2)22(17)25-20-11-12-21(24-14-20)23(28)26-19-10-6-9-18(13-19)16(3)27/h5-14,25H,4H2,1-3H3,(H,26,28). The number of rotatable bonds is 6. The smallest absolute Gasteiger partial charge is 0.274 e. The van der Waals surface area contributed by atoms with Crippen LogP contribution in [0.15, 0.2) is 60.8 Å². The number of carbonyl (C=O) groups excluding carboxylic acids is 2. The quantitative estimate of drug-likeness (QED) is 0.586. The van der Waals surface area contributed by atoms with Gasteiger partial charge in [0.1, 0.15) is 5.69 Å². The lowest BCUT2D eigenvalue weighted by atomic mass is 10.1. The fourth-order valence-electron chi connectivity index (χ4n) is 2.96. The van der Waals surface area contributed by atoms with Crippen LogP contribution in [0.3, 0.4) is 0 Å². The summed E-state index contributed by atoms with van der Waals surface area (Å²) in [5, 5.41) is 6.17. The first kappa shape index (κ1) is 19.3. The van der Waals surface area contributed by atoms with Gasteiger partial charge in [0.15, 0.2) is 5.78 Å². The van der Waals surface area contributed by atoms with E-state index in [9.17, 15) is 9.59 Å². The number of ketones is 1. The summed E-state index contributed by atoms with van der Waals surface area (Å²) in [7, 11) is 0. The number of hydrogen-bond donors (Lipinski definition) is 2. The van der Waals surface area contributed by atoms with Crippen molar-refractivity contribution < 1.29 is 9.59 Å². The lowest BCUT2D eigenvalue weighted by Gasteiger charge is -2.14. The van der Waals surface area contributed by atoms with E-state index in [0.29, 0.717) is 16.9 Å². The van der Waals surface area contributed by atoms with Gasteiger partial charge in [0.25, 0.3) is 5.91 Å². The van der Waals surface area contributed by atoms with Crippen LogP contribution in [0, 0.1) is 6.92 Å². The molecule has 0 atom stereocenters.